The first-order chi connectivity index (χ1) is 11.4. The van der Waals surface area contributed by atoms with Crippen LogP contribution >= 0.6 is 11.6 Å². The highest BCUT2D eigenvalue weighted by Crippen LogP contribution is 2.16. The molecule has 1 aromatic carbocycles. The van der Waals surface area contributed by atoms with Gasteiger partial charge in [-0.05, 0) is 52.2 Å². The van der Waals surface area contributed by atoms with E-state index in [2.05, 4.69) is 25.5 Å². The Hall–Kier alpha value is -2.18. The molecule has 2 rings (SSSR count). The molecule has 1 aromatic heterocycles. The molecule has 0 aliphatic heterocycles. The van der Waals surface area contributed by atoms with Crippen LogP contribution in [0.25, 0.3) is 0 Å². The zero-order chi connectivity index (χ0) is 17.5. The van der Waals surface area contributed by atoms with Crippen LogP contribution in [0.15, 0.2) is 30.3 Å². The number of hydrogen-bond donors (Lipinski definition) is 2. The third-order valence-electron chi connectivity index (χ3n) is 3.24. The number of anilines is 2. The van der Waals surface area contributed by atoms with Gasteiger partial charge in [0.25, 0.3) is 5.91 Å². The molecule has 0 fully saturated rings. The first kappa shape index (κ1) is 18.2. The van der Waals surface area contributed by atoms with E-state index < -0.39 is 0 Å². The van der Waals surface area contributed by atoms with E-state index in [0.29, 0.717) is 28.0 Å². The Kier molecular flexibility index (Phi) is 6.52. The fourth-order valence-corrected chi connectivity index (χ4v) is 2.34. The van der Waals surface area contributed by atoms with Crippen LogP contribution in [0.5, 0.6) is 0 Å². The van der Waals surface area contributed by atoms with Crippen molar-refractivity contribution in [3.05, 3.63) is 46.9 Å². The van der Waals surface area contributed by atoms with Crippen LogP contribution in [0.4, 0.5) is 11.5 Å². The fraction of sp³-hybridized carbons (Fsp3) is 0.353. The van der Waals surface area contributed by atoms with Gasteiger partial charge in [0.1, 0.15) is 17.3 Å². The van der Waals surface area contributed by atoms with E-state index in [1.165, 1.54) is 0 Å². The van der Waals surface area contributed by atoms with Crippen molar-refractivity contribution in [3.63, 3.8) is 0 Å². The summed E-state index contributed by atoms with van der Waals surface area (Å²) < 4.78 is 0. The summed E-state index contributed by atoms with van der Waals surface area (Å²) in [6, 6.07) is 8.65. The summed E-state index contributed by atoms with van der Waals surface area (Å²) in [5.41, 5.74) is 0.946. The first-order valence-corrected chi connectivity index (χ1v) is 8.13. The van der Waals surface area contributed by atoms with Crippen LogP contribution in [0.3, 0.4) is 0 Å². The van der Waals surface area contributed by atoms with Gasteiger partial charge in [-0.15, -0.1) is 0 Å². The third-order valence-corrected chi connectivity index (χ3v) is 3.48. The monoisotopic (exact) mass is 347 g/mol. The number of nitrogens with zero attached hydrogens (tertiary/aromatic N) is 3. The summed E-state index contributed by atoms with van der Waals surface area (Å²) in [5, 5.41) is 6.58. The largest absolute Gasteiger partial charge is 0.370 e. The molecule has 0 spiro atoms. The van der Waals surface area contributed by atoms with E-state index in [1.807, 2.05) is 14.1 Å². The van der Waals surface area contributed by atoms with Crippen molar-refractivity contribution in [3.8, 4) is 0 Å². The number of carbonyl (C=O) groups excluding carboxylic acids is 1. The average molecular weight is 348 g/mol. The second kappa shape index (κ2) is 8.61. The van der Waals surface area contributed by atoms with Crippen LogP contribution in [-0.4, -0.2) is 48.0 Å². The van der Waals surface area contributed by atoms with Crippen LogP contribution in [-0.2, 0) is 0 Å². The van der Waals surface area contributed by atoms with Crippen molar-refractivity contribution in [1.82, 2.24) is 14.9 Å². The summed E-state index contributed by atoms with van der Waals surface area (Å²) in [7, 11) is 4.07. The molecule has 0 saturated heterocycles. The number of nitrogens with one attached hydrogen (secondary N) is 2. The molecule has 0 atom stereocenters. The molecule has 1 amide bonds. The summed E-state index contributed by atoms with van der Waals surface area (Å²) in [6.07, 6.45) is 0.986. The number of aryl methyl sites for hydroxylation is 1. The second-order valence-corrected chi connectivity index (χ2v) is 6.17. The molecule has 0 radical (unpaired) electrons. The number of benzene rings is 1. The number of amides is 1. The summed E-state index contributed by atoms with van der Waals surface area (Å²) >= 11 is 5.93. The molecule has 0 aliphatic carbocycles. The lowest BCUT2D eigenvalue weighted by molar-refractivity contribution is 0.102. The van der Waals surface area contributed by atoms with E-state index in [9.17, 15) is 4.79 Å². The molecular formula is C17H22ClN5O. The fourth-order valence-electron chi connectivity index (χ4n) is 2.15. The summed E-state index contributed by atoms with van der Waals surface area (Å²) in [4.78, 5) is 23.0. The van der Waals surface area contributed by atoms with Gasteiger partial charge in [-0.1, -0.05) is 17.7 Å². The number of hydrogen-bond acceptors (Lipinski definition) is 5. The van der Waals surface area contributed by atoms with Gasteiger partial charge in [-0.25, -0.2) is 9.97 Å². The van der Waals surface area contributed by atoms with Crippen molar-refractivity contribution < 1.29 is 4.79 Å². The number of carbonyl (C=O) groups is 1. The quantitative estimate of drug-likeness (QED) is 0.753. The molecule has 0 unspecified atom stereocenters. The van der Waals surface area contributed by atoms with Gasteiger partial charge in [-0.3, -0.25) is 4.79 Å². The summed E-state index contributed by atoms with van der Waals surface area (Å²) in [6.45, 7) is 3.53. The summed E-state index contributed by atoms with van der Waals surface area (Å²) in [5.74, 6) is 0.903. The lowest BCUT2D eigenvalue weighted by Crippen LogP contribution is -2.18. The van der Waals surface area contributed by atoms with Crippen LogP contribution in [0.1, 0.15) is 22.7 Å². The molecule has 0 bridgehead atoms. The van der Waals surface area contributed by atoms with E-state index in [-0.39, 0.29) is 5.91 Å². The van der Waals surface area contributed by atoms with Crippen LogP contribution < -0.4 is 10.6 Å². The third kappa shape index (κ3) is 5.79. The van der Waals surface area contributed by atoms with E-state index in [1.54, 1.807) is 37.3 Å². The van der Waals surface area contributed by atoms with Crippen LogP contribution in [0.2, 0.25) is 5.02 Å². The molecular weight excluding hydrogens is 326 g/mol. The smallest absolute Gasteiger partial charge is 0.274 e. The Morgan fingerprint density at radius 1 is 1.25 bits per heavy atom. The minimum atomic E-state index is -0.292. The van der Waals surface area contributed by atoms with Gasteiger partial charge in [0.2, 0.25) is 0 Å². The highest BCUT2D eigenvalue weighted by Gasteiger charge is 2.11. The molecule has 0 aliphatic rings. The highest BCUT2D eigenvalue weighted by molar-refractivity contribution is 6.30. The van der Waals surface area contributed by atoms with E-state index in [4.69, 9.17) is 11.6 Å². The Bertz CT molecular complexity index is 705. The highest BCUT2D eigenvalue weighted by atomic mass is 35.5. The van der Waals surface area contributed by atoms with Gasteiger partial charge in [0, 0.05) is 23.3 Å². The lowest BCUT2D eigenvalue weighted by Gasteiger charge is -2.11. The van der Waals surface area contributed by atoms with Gasteiger partial charge >= 0.3 is 0 Å². The maximum atomic E-state index is 12.4. The maximum Gasteiger partial charge on any atom is 0.274 e. The number of rotatable bonds is 7. The van der Waals surface area contributed by atoms with Gasteiger partial charge in [0.05, 0.1) is 0 Å². The predicted molar refractivity (Wildman–Crippen MR) is 97.8 cm³/mol. The van der Waals surface area contributed by atoms with Crippen molar-refractivity contribution in [1.29, 1.82) is 0 Å². The van der Waals surface area contributed by atoms with Crippen molar-refractivity contribution in [2.75, 3.05) is 37.8 Å². The van der Waals surface area contributed by atoms with Crippen LogP contribution in [0, 0.1) is 6.92 Å². The van der Waals surface area contributed by atoms with Crippen molar-refractivity contribution >= 4 is 29.0 Å². The Morgan fingerprint density at radius 3 is 2.75 bits per heavy atom. The lowest BCUT2D eigenvalue weighted by atomic mass is 10.3. The first-order valence-electron chi connectivity index (χ1n) is 7.75. The minimum absolute atomic E-state index is 0.292. The normalized spacial score (nSPS) is 10.7. The Balaban J connectivity index is 2.02. The SMILES string of the molecule is Cc1nc(NCCCN(C)C)cc(C(=O)Nc2cccc(Cl)c2)n1. The van der Waals surface area contributed by atoms with Gasteiger partial charge < -0.3 is 15.5 Å². The predicted octanol–water partition coefficient (Wildman–Crippen LogP) is 3.05. The number of aromatic nitrogens is 2. The van der Waals surface area contributed by atoms with E-state index >= 15 is 0 Å². The Morgan fingerprint density at radius 2 is 2.04 bits per heavy atom. The maximum absolute atomic E-state index is 12.4. The van der Waals surface area contributed by atoms with E-state index in [0.717, 1.165) is 19.5 Å². The Labute approximate surface area is 147 Å². The van der Waals surface area contributed by atoms with Gasteiger partial charge in [-0.2, -0.15) is 0 Å². The minimum Gasteiger partial charge on any atom is -0.370 e. The molecule has 6 nitrogen and oxygen atoms in total. The zero-order valence-electron chi connectivity index (χ0n) is 14.1. The molecule has 1 heterocycles. The molecule has 7 heteroatoms. The molecule has 2 aromatic rings. The van der Waals surface area contributed by atoms with Crippen molar-refractivity contribution in [2.24, 2.45) is 0 Å². The average Bonchev–Trinajstić information content (AvgIpc) is 2.51. The molecule has 0 saturated carbocycles. The topological polar surface area (TPSA) is 70.2 Å². The second-order valence-electron chi connectivity index (χ2n) is 5.73. The van der Waals surface area contributed by atoms with Crippen molar-refractivity contribution in [2.45, 2.75) is 13.3 Å². The zero-order valence-corrected chi connectivity index (χ0v) is 14.9. The molecule has 24 heavy (non-hydrogen) atoms. The van der Waals surface area contributed by atoms with Gasteiger partial charge in [0.15, 0.2) is 0 Å². The number of halogens is 1. The standard InChI is InChI=1S/C17H22ClN5O/c1-12-20-15(11-16(21-12)19-8-5-9-23(2)3)17(24)22-14-7-4-6-13(18)10-14/h4,6-7,10-11H,5,8-9H2,1-3H3,(H,22,24)(H,19,20,21). The molecule has 128 valence electrons. The molecule has 2 N–H and O–H groups in total.